The molecule has 5 heteroatoms. The molecule has 0 saturated carbocycles. The molecule has 0 aliphatic rings. The Morgan fingerprint density at radius 1 is 1.37 bits per heavy atom. The summed E-state index contributed by atoms with van der Waals surface area (Å²) in [4.78, 5) is 23.6. The van der Waals surface area contributed by atoms with Gasteiger partial charge in [-0.05, 0) is 39.8 Å². The monoisotopic (exact) mass is 267 g/mol. The maximum atomic E-state index is 11.8. The predicted molar refractivity (Wildman–Crippen MR) is 70.9 cm³/mol. The highest BCUT2D eigenvalue weighted by molar-refractivity contribution is 5.94. The molecule has 1 amide bonds. The van der Waals surface area contributed by atoms with Crippen LogP contribution in [0.2, 0.25) is 0 Å². The smallest absolute Gasteiger partial charge is 0.328 e. The quantitative estimate of drug-likeness (QED) is 0.850. The molecule has 0 aliphatic carbocycles. The number of hydrogen-bond acceptors (Lipinski definition) is 4. The highest BCUT2D eigenvalue weighted by atomic mass is 16.6. The van der Waals surface area contributed by atoms with Crippen molar-refractivity contribution in [2.24, 2.45) is 0 Å². The van der Waals surface area contributed by atoms with Gasteiger partial charge in [0.1, 0.15) is 17.4 Å². The van der Waals surface area contributed by atoms with E-state index in [9.17, 15) is 9.59 Å². The van der Waals surface area contributed by atoms with Crippen molar-refractivity contribution in [1.29, 1.82) is 0 Å². The number of hydrogen-bond donors (Lipinski definition) is 1. The SMILES string of the molecule is CCc1ccc(C(=O)N[C@@H](C)C(=O)OC(C)(C)C)o1. The van der Waals surface area contributed by atoms with Gasteiger partial charge >= 0.3 is 5.97 Å². The molecule has 0 bridgehead atoms. The second kappa shape index (κ2) is 5.91. The molecule has 1 rings (SSSR count). The Morgan fingerprint density at radius 3 is 2.47 bits per heavy atom. The second-order valence-electron chi connectivity index (χ2n) is 5.35. The van der Waals surface area contributed by atoms with Crippen molar-refractivity contribution in [2.45, 2.75) is 52.7 Å². The van der Waals surface area contributed by atoms with Crippen LogP contribution in [-0.2, 0) is 16.0 Å². The van der Waals surface area contributed by atoms with Gasteiger partial charge in [0, 0.05) is 6.42 Å². The molecular formula is C14H21NO4. The van der Waals surface area contributed by atoms with E-state index in [1.54, 1.807) is 39.8 Å². The third kappa shape index (κ3) is 4.77. The van der Waals surface area contributed by atoms with E-state index < -0.39 is 23.5 Å². The summed E-state index contributed by atoms with van der Waals surface area (Å²) >= 11 is 0. The van der Waals surface area contributed by atoms with E-state index >= 15 is 0 Å². The standard InChI is InChI=1S/C14H21NO4/c1-6-10-7-8-11(18-10)12(16)15-9(2)13(17)19-14(3,4)5/h7-9H,6H2,1-5H3,(H,15,16)/t9-/m0/s1. The molecule has 0 radical (unpaired) electrons. The number of aryl methyl sites for hydroxylation is 1. The third-order valence-electron chi connectivity index (χ3n) is 2.34. The van der Waals surface area contributed by atoms with Crippen LogP contribution in [0.3, 0.4) is 0 Å². The van der Waals surface area contributed by atoms with Crippen molar-refractivity contribution >= 4 is 11.9 Å². The van der Waals surface area contributed by atoms with Crippen molar-refractivity contribution in [2.75, 3.05) is 0 Å². The Bertz CT molecular complexity index is 456. The first-order valence-corrected chi connectivity index (χ1v) is 6.35. The number of esters is 1. The number of nitrogens with one attached hydrogen (secondary N) is 1. The molecular weight excluding hydrogens is 246 g/mol. The van der Waals surface area contributed by atoms with Gasteiger partial charge in [-0.25, -0.2) is 4.79 Å². The predicted octanol–water partition coefficient (Wildman–Crippen LogP) is 2.30. The van der Waals surface area contributed by atoms with Crippen molar-refractivity contribution < 1.29 is 18.7 Å². The van der Waals surface area contributed by atoms with Gasteiger partial charge in [0.25, 0.3) is 5.91 Å². The van der Waals surface area contributed by atoms with Crippen molar-refractivity contribution in [1.82, 2.24) is 5.32 Å². The molecule has 19 heavy (non-hydrogen) atoms. The number of ether oxygens (including phenoxy) is 1. The van der Waals surface area contributed by atoms with Gasteiger partial charge in [-0.1, -0.05) is 6.92 Å². The zero-order valence-corrected chi connectivity index (χ0v) is 12.1. The van der Waals surface area contributed by atoms with Crippen LogP contribution in [0.15, 0.2) is 16.5 Å². The lowest BCUT2D eigenvalue weighted by atomic mass is 10.2. The number of carbonyl (C=O) groups is 2. The minimum atomic E-state index is -0.720. The lowest BCUT2D eigenvalue weighted by Gasteiger charge is -2.22. The van der Waals surface area contributed by atoms with E-state index in [2.05, 4.69) is 5.32 Å². The fraction of sp³-hybridized carbons (Fsp3) is 0.571. The lowest BCUT2D eigenvalue weighted by Crippen LogP contribution is -2.42. The first-order valence-electron chi connectivity index (χ1n) is 6.35. The highest BCUT2D eigenvalue weighted by Crippen LogP contribution is 2.10. The molecule has 0 aromatic carbocycles. The molecule has 0 unspecified atom stereocenters. The summed E-state index contributed by atoms with van der Waals surface area (Å²) in [5.74, 6) is 0.0449. The van der Waals surface area contributed by atoms with E-state index in [-0.39, 0.29) is 5.76 Å². The molecule has 5 nitrogen and oxygen atoms in total. The van der Waals surface area contributed by atoms with E-state index in [0.717, 1.165) is 12.2 Å². The summed E-state index contributed by atoms with van der Waals surface area (Å²) in [7, 11) is 0. The molecule has 1 aromatic rings. The second-order valence-corrected chi connectivity index (χ2v) is 5.35. The molecule has 0 aliphatic heterocycles. The van der Waals surface area contributed by atoms with Crippen LogP contribution in [0.1, 0.15) is 50.9 Å². The normalized spacial score (nSPS) is 12.9. The van der Waals surface area contributed by atoms with Gasteiger partial charge in [0.2, 0.25) is 0 Å². The molecule has 1 aromatic heterocycles. The van der Waals surface area contributed by atoms with Crippen LogP contribution in [0.5, 0.6) is 0 Å². The summed E-state index contributed by atoms with van der Waals surface area (Å²) in [5.41, 5.74) is -0.573. The first kappa shape index (κ1) is 15.3. The minimum absolute atomic E-state index is 0.201. The van der Waals surface area contributed by atoms with E-state index in [0.29, 0.717) is 0 Å². The topological polar surface area (TPSA) is 68.5 Å². The molecule has 0 saturated heterocycles. The third-order valence-corrected chi connectivity index (χ3v) is 2.34. The van der Waals surface area contributed by atoms with Crippen LogP contribution in [0.4, 0.5) is 0 Å². The van der Waals surface area contributed by atoms with E-state index in [1.807, 2.05) is 6.92 Å². The number of amides is 1. The Kier molecular flexibility index (Phi) is 4.75. The summed E-state index contributed by atoms with van der Waals surface area (Å²) < 4.78 is 10.5. The van der Waals surface area contributed by atoms with Gasteiger partial charge in [-0.2, -0.15) is 0 Å². The van der Waals surface area contributed by atoms with Crippen LogP contribution < -0.4 is 5.32 Å². The van der Waals surface area contributed by atoms with Crippen LogP contribution in [0.25, 0.3) is 0 Å². The average Bonchev–Trinajstić information content (AvgIpc) is 2.75. The summed E-state index contributed by atoms with van der Waals surface area (Å²) in [6, 6.07) is 2.62. The Balaban J connectivity index is 2.59. The number of rotatable bonds is 4. The van der Waals surface area contributed by atoms with Crippen molar-refractivity contribution in [3.05, 3.63) is 23.7 Å². The molecule has 1 atom stereocenters. The zero-order chi connectivity index (χ0) is 14.6. The maximum absolute atomic E-state index is 11.8. The van der Waals surface area contributed by atoms with Crippen molar-refractivity contribution in [3.63, 3.8) is 0 Å². The highest BCUT2D eigenvalue weighted by Gasteiger charge is 2.24. The summed E-state index contributed by atoms with van der Waals surface area (Å²) in [5, 5.41) is 2.55. The van der Waals surface area contributed by atoms with Crippen molar-refractivity contribution in [3.8, 4) is 0 Å². The summed E-state index contributed by atoms with van der Waals surface area (Å²) in [6.45, 7) is 8.85. The molecule has 1 N–H and O–H groups in total. The Morgan fingerprint density at radius 2 is 2.00 bits per heavy atom. The maximum Gasteiger partial charge on any atom is 0.328 e. The van der Waals surface area contributed by atoms with Crippen LogP contribution >= 0.6 is 0 Å². The Hall–Kier alpha value is -1.78. The largest absolute Gasteiger partial charge is 0.458 e. The minimum Gasteiger partial charge on any atom is -0.458 e. The van der Waals surface area contributed by atoms with E-state index in [4.69, 9.17) is 9.15 Å². The van der Waals surface area contributed by atoms with Crippen LogP contribution in [0, 0.1) is 0 Å². The van der Waals surface area contributed by atoms with E-state index in [1.165, 1.54) is 0 Å². The lowest BCUT2D eigenvalue weighted by molar-refractivity contribution is -0.156. The number of furan rings is 1. The van der Waals surface area contributed by atoms with Gasteiger partial charge in [-0.3, -0.25) is 4.79 Å². The molecule has 0 spiro atoms. The average molecular weight is 267 g/mol. The molecule has 0 fully saturated rings. The zero-order valence-electron chi connectivity index (χ0n) is 12.1. The van der Waals surface area contributed by atoms with Gasteiger partial charge in [0.05, 0.1) is 0 Å². The summed E-state index contributed by atoms with van der Waals surface area (Å²) in [6.07, 6.45) is 0.717. The van der Waals surface area contributed by atoms with Gasteiger partial charge < -0.3 is 14.5 Å². The fourth-order valence-corrected chi connectivity index (χ4v) is 1.41. The fourth-order valence-electron chi connectivity index (χ4n) is 1.41. The van der Waals surface area contributed by atoms with Gasteiger partial charge in [0.15, 0.2) is 5.76 Å². The Labute approximate surface area is 113 Å². The first-order chi connectivity index (χ1) is 8.73. The van der Waals surface area contributed by atoms with Gasteiger partial charge in [-0.15, -0.1) is 0 Å². The number of carbonyl (C=O) groups excluding carboxylic acids is 2. The molecule has 1 heterocycles. The molecule has 106 valence electrons. The van der Waals surface area contributed by atoms with Crippen LogP contribution in [-0.4, -0.2) is 23.5 Å².